The number of carbonyl (C=O) groups excluding carboxylic acids is 2. The zero-order valence-electron chi connectivity index (χ0n) is 14.9. The molecule has 2 rings (SSSR count). The van der Waals surface area contributed by atoms with Crippen molar-refractivity contribution >= 4 is 35.0 Å². The second-order valence-corrected chi connectivity index (χ2v) is 6.01. The summed E-state index contributed by atoms with van der Waals surface area (Å²) in [6, 6.07) is 11.5. The molecule has 0 bridgehead atoms. The molecule has 8 heteroatoms. The molecule has 0 fully saturated rings. The average molecular weight is 385 g/mol. The third-order valence-electron chi connectivity index (χ3n) is 3.28. The SMILES string of the molecule is CCOc1ccc(NC(=O)C(=O)Nc2ccc(SC#N)cc2)cc1OCC. The van der Waals surface area contributed by atoms with Crippen molar-refractivity contribution < 1.29 is 19.1 Å². The molecule has 0 radical (unpaired) electrons. The molecule has 0 aliphatic heterocycles. The van der Waals surface area contributed by atoms with Crippen molar-refractivity contribution in [1.29, 1.82) is 5.26 Å². The predicted molar refractivity (Wildman–Crippen MR) is 104 cm³/mol. The van der Waals surface area contributed by atoms with Crippen LogP contribution in [0.4, 0.5) is 11.4 Å². The van der Waals surface area contributed by atoms with Crippen LogP contribution in [0.5, 0.6) is 11.5 Å². The molecule has 140 valence electrons. The Hall–Kier alpha value is -3.18. The Morgan fingerprint density at radius 1 is 0.926 bits per heavy atom. The van der Waals surface area contributed by atoms with E-state index in [1.165, 1.54) is 0 Å². The van der Waals surface area contributed by atoms with Gasteiger partial charge in [-0.1, -0.05) is 0 Å². The quantitative estimate of drug-likeness (QED) is 0.429. The van der Waals surface area contributed by atoms with E-state index in [1.807, 2.05) is 19.2 Å². The van der Waals surface area contributed by atoms with E-state index >= 15 is 0 Å². The summed E-state index contributed by atoms with van der Waals surface area (Å²) in [6.45, 7) is 4.63. The molecule has 2 aromatic carbocycles. The number of carbonyl (C=O) groups is 2. The lowest BCUT2D eigenvalue weighted by atomic mass is 10.2. The number of anilines is 2. The van der Waals surface area contributed by atoms with E-state index in [0.29, 0.717) is 36.1 Å². The molecule has 0 saturated heterocycles. The summed E-state index contributed by atoms with van der Waals surface area (Å²) in [6.07, 6.45) is 0. The van der Waals surface area contributed by atoms with Gasteiger partial charge in [0.15, 0.2) is 11.5 Å². The maximum Gasteiger partial charge on any atom is 0.314 e. The van der Waals surface area contributed by atoms with Crippen molar-refractivity contribution in [3.63, 3.8) is 0 Å². The summed E-state index contributed by atoms with van der Waals surface area (Å²) in [7, 11) is 0. The Kier molecular flexibility index (Phi) is 7.52. The first-order valence-electron chi connectivity index (χ1n) is 8.25. The number of thiocyanates is 1. The molecule has 7 nitrogen and oxygen atoms in total. The first kappa shape index (κ1) is 20.1. The Morgan fingerprint density at radius 2 is 1.48 bits per heavy atom. The van der Waals surface area contributed by atoms with Crippen LogP contribution in [0, 0.1) is 10.7 Å². The van der Waals surface area contributed by atoms with Crippen LogP contribution in [0.1, 0.15) is 13.8 Å². The van der Waals surface area contributed by atoms with Crippen LogP contribution >= 0.6 is 11.8 Å². The van der Waals surface area contributed by atoms with Crippen LogP contribution in [0.3, 0.4) is 0 Å². The number of hydrogen-bond acceptors (Lipinski definition) is 6. The minimum atomic E-state index is -0.808. The van der Waals surface area contributed by atoms with Gasteiger partial charge in [-0.2, -0.15) is 5.26 Å². The molecule has 2 aromatic rings. The van der Waals surface area contributed by atoms with E-state index in [1.54, 1.807) is 42.5 Å². The van der Waals surface area contributed by atoms with E-state index in [2.05, 4.69) is 10.6 Å². The molecule has 0 heterocycles. The van der Waals surface area contributed by atoms with Crippen LogP contribution in [0.2, 0.25) is 0 Å². The minimum absolute atomic E-state index is 0.419. The number of rotatable bonds is 7. The van der Waals surface area contributed by atoms with E-state index in [4.69, 9.17) is 14.7 Å². The van der Waals surface area contributed by atoms with E-state index in [9.17, 15) is 9.59 Å². The Labute approximate surface area is 161 Å². The molecular weight excluding hydrogens is 366 g/mol. The van der Waals surface area contributed by atoms with Crippen molar-refractivity contribution in [1.82, 2.24) is 0 Å². The first-order chi connectivity index (χ1) is 13.1. The van der Waals surface area contributed by atoms with Gasteiger partial charge >= 0.3 is 11.8 Å². The highest BCUT2D eigenvalue weighted by Crippen LogP contribution is 2.30. The molecule has 2 N–H and O–H groups in total. The summed E-state index contributed by atoms with van der Waals surface area (Å²) in [5.74, 6) is -0.556. The molecule has 0 aliphatic rings. The predicted octanol–water partition coefficient (Wildman–Crippen LogP) is 3.63. The Bertz CT molecular complexity index is 847. The molecule has 2 amide bonds. The average Bonchev–Trinajstić information content (AvgIpc) is 2.66. The molecule has 0 aromatic heterocycles. The van der Waals surface area contributed by atoms with E-state index < -0.39 is 11.8 Å². The van der Waals surface area contributed by atoms with E-state index in [0.717, 1.165) is 16.7 Å². The van der Waals surface area contributed by atoms with Crippen molar-refractivity contribution in [2.45, 2.75) is 18.7 Å². The summed E-state index contributed by atoms with van der Waals surface area (Å²) < 4.78 is 11.0. The van der Waals surface area contributed by atoms with Crippen LogP contribution in [0.25, 0.3) is 0 Å². The maximum atomic E-state index is 12.1. The fourth-order valence-corrected chi connectivity index (χ4v) is 2.54. The third-order valence-corrected chi connectivity index (χ3v) is 3.88. The fourth-order valence-electron chi connectivity index (χ4n) is 2.16. The van der Waals surface area contributed by atoms with Gasteiger partial charge in [0, 0.05) is 22.3 Å². The van der Waals surface area contributed by atoms with Gasteiger partial charge in [-0.15, -0.1) is 0 Å². The van der Waals surface area contributed by atoms with Gasteiger partial charge in [0.2, 0.25) is 0 Å². The number of nitrogens with one attached hydrogen (secondary N) is 2. The zero-order chi connectivity index (χ0) is 19.6. The minimum Gasteiger partial charge on any atom is -0.490 e. The molecule has 27 heavy (non-hydrogen) atoms. The van der Waals surface area contributed by atoms with Gasteiger partial charge in [-0.25, -0.2) is 0 Å². The maximum absolute atomic E-state index is 12.1. The van der Waals surface area contributed by atoms with Crippen LogP contribution < -0.4 is 20.1 Å². The van der Waals surface area contributed by atoms with Crippen LogP contribution in [0.15, 0.2) is 47.4 Å². The standard InChI is InChI=1S/C19H19N3O4S/c1-3-25-16-10-7-14(11-17(16)26-4-2)22-19(24)18(23)21-13-5-8-15(9-6-13)27-12-20/h5-11H,3-4H2,1-2H3,(H,21,23)(H,22,24). The fraction of sp³-hybridized carbons (Fsp3) is 0.211. The van der Waals surface area contributed by atoms with Gasteiger partial charge < -0.3 is 20.1 Å². The molecule has 0 unspecified atom stereocenters. The van der Waals surface area contributed by atoms with Crippen molar-refractivity contribution in [3.05, 3.63) is 42.5 Å². The normalized spacial score (nSPS) is 9.81. The highest BCUT2D eigenvalue weighted by atomic mass is 32.2. The zero-order valence-corrected chi connectivity index (χ0v) is 15.8. The lowest BCUT2D eigenvalue weighted by Crippen LogP contribution is -2.29. The number of nitrogens with zero attached hydrogens (tertiary/aromatic N) is 1. The summed E-state index contributed by atoms with van der Waals surface area (Å²) in [5.41, 5.74) is 0.877. The highest BCUT2D eigenvalue weighted by molar-refractivity contribution is 8.03. The largest absolute Gasteiger partial charge is 0.490 e. The van der Waals surface area contributed by atoms with Gasteiger partial charge in [0.05, 0.1) is 13.2 Å². The topological polar surface area (TPSA) is 100 Å². The third kappa shape index (κ3) is 5.94. The van der Waals surface area contributed by atoms with Gasteiger partial charge in [-0.05, 0) is 62.0 Å². The number of thioether (sulfide) groups is 1. The second-order valence-electron chi connectivity index (χ2n) is 5.15. The van der Waals surface area contributed by atoms with Crippen molar-refractivity contribution in [3.8, 4) is 16.9 Å². The molecule has 0 saturated carbocycles. The second kappa shape index (κ2) is 10.1. The number of benzene rings is 2. The summed E-state index contributed by atoms with van der Waals surface area (Å²) >= 11 is 1.01. The smallest absolute Gasteiger partial charge is 0.314 e. The Morgan fingerprint density at radius 3 is 2.07 bits per heavy atom. The van der Waals surface area contributed by atoms with Gasteiger partial charge in [-0.3, -0.25) is 9.59 Å². The summed E-state index contributed by atoms with van der Waals surface area (Å²) in [5, 5.41) is 15.6. The molecule has 0 spiro atoms. The van der Waals surface area contributed by atoms with Crippen molar-refractivity contribution in [2.24, 2.45) is 0 Å². The molecule has 0 aliphatic carbocycles. The van der Waals surface area contributed by atoms with E-state index in [-0.39, 0.29) is 0 Å². The highest BCUT2D eigenvalue weighted by Gasteiger charge is 2.15. The lowest BCUT2D eigenvalue weighted by molar-refractivity contribution is -0.133. The molecule has 0 atom stereocenters. The Balaban J connectivity index is 2.02. The van der Waals surface area contributed by atoms with Crippen molar-refractivity contribution in [2.75, 3.05) is 23.8 Å². The van der Waals surface area contributed by atoms with Gasteiger partial charge in [0.1, 0.15) is 5.40 Å². The summed E-state index contributed by atoms with van der Waals surface area (Å²) in [4.78, 5) is 24.9. The monoisotopic (exact) mass is 385 g/mol. The number of nitriles is 1. The van der Waals surface area contributed by atoms with Crippen LogP contribution in [-0.2, 0) is 9.59 Å². The first-order valence-corrected chi connectivity index (χ1v) is 9.07. The number of ether oxygens (including phenoxy) is 2. The number of amides is 2. The van der Waals surface area contributed by atoms with Crippen LogP contribution in [-0.4, -0.2) is 25.0 Å². The van der Waals surface area contributed by atoms with Gasteiger partial charge in [0.25, 0.3) is 0 Å². The lowest BCUT2D eigenvalue weighted by Gasteiger charge is -2.13. The number of hydrogen-bond donors (Lipinski definition) is 2. The molecular formula is C19H19N3O4S.